The van der Waals surface area contributed by atoms with Crippen molar-refractivity contribution in [1.82, 2.24) is 0 Å². The molecule has 21 heavy (non-hydrogen) atoms. The van der Waals surface area contributed by atoms with Gasteiger partial charge in [-0.2, -0.15) is 0 Å². The van der Waals surface area contributed by atoms with Crippen molar-refractivity contribution in [2.45, 2.75) is 19.9 Å². The molecule has 0 aliphatic heterocycles. The molecule has 0 saturated heterocycles. The first-order chi connectivity index (χ1) is 9.91. The smallest absolute Gasteiger partial charge is 0.124 e. The van der Waals surface area contributed by atoms with Crippen LogP contribution in [0.1, 0.15) is 29.7 Å². The van der Waals surface area contributed by atoms with Crippen LogP contribution in [0.4, 0.5) is 5.69 Å². The molecule has 2 rings (SSSR count). The maximum Gasteiger partial charge on any atom is 0.124 e. The highest BCUT2D eigenvalue weighted by Gasteiger charge is 2.18. The van der Waals surface area contributed by atoms with Crippen LogP contribution < -0.4 is 10.6 Å². The summed E-state index contributed by atoms with van der Waals surface area (Å²) in [6, 6.07) is 13.9. The largest absolute Gasteiger partial charge is 0.384 e. The molecule has 110 valence electrons. The Morgan fingerprint density at radius 2 is 1.90 bits per heavy atom. The first kappa shape index (κ1) is 15.4. The molecule has 4 heteroatoms. The molecule has 0 aromatic heterocycles. The van der Waals surface area contributed by atoms with Gasteiger partial charge in [-0.25, -0.2) is 0 Å². The van der Waals surface area contributed by atoms with Gasteiger partial charge in [-0.05, 0) is 37.6 Å². The van der Waals surface area contributed by atoms with E-state index in [9.17, 15) is 0 Å². The fourth-order valence-corrected chi connectivity index (χ4v) is 2.70. The van der Waals surface area contributed by atoms with Crippen LogP contribution >= 0.6 is 11.6 Å². The number of amidine groups is 1. The minimum Gasteiger partial charge on any atom is -0.384 e. The molecule has 0 aliphatic rings. The molecule has 1 unspecified atom stereocenters. The molecule has 3 nitrogen and oxygen atoms in total. The highest BCUT2D eigenvalue weighted by Crippen LogP contribution is 2.31. The maximum absolute atomic E-state index is 7.78. The van der Waals surface area contributed by atoms with Crippen molar-refractivity contribution in [3.63, 3.8) is 0 Å². The Hall–Kier alpha value is -2.00. The molecule has 0 aliphatic carbocycles. The van der Waals surface area contributed by atoms with Crippen LogP contribution in [0.2, 0.25) is 5.02 Å². The second-order valence-corrected chi connectivity index (χ2v) is 5.65. The summed E-state index contributed by atoms with van der Waals surface area (Å²) < 4.78 is 0. The van der Waals surface area contributed by atoms with Gasteiger partial charge in [0.05, 0.1) is 6.04 Å². The number of nitrogens with one attached hydrogen (secondary N) is 1. The molecule has 0 fully saturated rings. The number of halogens is 1. The third kappa shape index (κ3) is 3.19. The zero-order valence-electron chi connectivity index (χ0n) is 12.5. The van der Waals surface area contributed by atoms with E-state index >= 15 is 0 Å². The van der Waals surface area contributed by atoms with Crippen LogP contribution in [-0.2, 0) is 0 Å². The Bertz CT molecular complexity index is 667. The number of aryl methyl sites for hydroxylation is 1. The summed E-state index contributed by atoms with van der Waals surface area (Å²) in [5.41, 5.74) is 9.54. The Morgan fingerprint density at radius 3 is 2.52 bits per heavy atom. The summed E-state index contributed by atoms with van der Waals surface area (Å²) >= 11 is 6.28. The zero-order chi connectivity index (χ0) is 15.6. The lowest BCUT2D eigenvalue weighted by Gasteiger charge is -2.30. The molecule has 0 saturated carbocycles. The standard InChI is InChI=1S/C17H20ClN3/c1-11-8-9-16(14(10-11)17(19)20)21(3)12(2)13-6-4-5-7-15(13)18/h4-10,12H,1-3H3,(H3,19,20). The number of nitrogens with two attached hydrogens (primary N) is 1. The molecule has 0 amide bonds. The molecule has 1 atom stereocenters. The van der Waals surface area contributed by atoms with Crippen molar-refractivity contribution in [2.24, 2.45) is 5.73 Å². The lowest BCUT2D eigenvalue weighted by molar-refractivity contribution is 0.739. The minimum absolute atomic E-state index is 0.0758. The molecule has 3 N–H and O–H groups in total. The molecular weight excluding hydrogens is 282 g/mol. The van der Waals surface area contributed by atoms with Crippen molar-refractivity contribution >= 4 is 23.1 Å². The monoisotopic (exact) mass is 301 g/mol. The summed E-state index contributed by atoms with van der Waals surface area (Å²) in [7, 11) is 1.99. The average molecular weight is 302 g/mol. The predicted molar refractivity (Wildman–Crippen MR) is 90.5 cm³/mol. The van der Waals surface area contributed by atoms with Gasteiger partial charge in [0.15, 0.2) is 0 Å². The Balaban J connectivity index is 2.43. The van der Waals surface area contributed by atoms with Gasteiger partial charge in [0.1, 0.15) is 5.84 Å². The average Bonchev–Trinajstić information content (AvgIpc) is 2.46. The molecule has 0 bridgehead atoms. The van der Waals surface area contributed by atoms with Crippen LogP contribution in [0.5, 0.6) is 0 Å². The first-order valence-corrected chi connectivity index (χ1v) is 7.22. The van der Waals surface area contributed by atoms with E-state index in [4.69, 9.17) is 22.7 Å². The Morgan fingerprint density at radius 1 is 1.24 bits per heavy atom. The van der Waals surface area contributed by atoms with Crippen molar-refractivity contribution < 1.29 is 0 Å². The molecule has 0 radical (unpaired) electrons. The highest BCUT2D eigenvalue weighted by molar-refractivity contribution is 6.31. The summed E-state index contributed by atoms with van der Waals surface area (Å²) in [6.45, 7) is 4.08. The lowest BCUT2D eigenvalue weighted by Crippen LogP contribution is -2.25. The molecular formula is C17H20ClN3. The fourth-order valence-electron chi connectivity index (χ4n) is 2.40. The van der Waals surface area contributed by atoms with Gasteiger partial charge in [0.25, 0.3) is 0 Å². The van der Waals surface area contributed by atoms with E-state index in [1.807, 2.05) is 56.4 Å². The van der Waals surface area contributed by atoms with Crippen molar-refractivity contribution in [1.29, 1.82) is 5.41 Å². The minimum atomic E-state index is 0.0758. The summed E-state index contributed by atoms with van der Waals surface area (Å²) in [6.07, 6.45) is 0. The number of anilines is 1. The quantitative estimate of drug-likeness (QED) is 0.659. The summed E-state index contributed by atoms with van der Waals surface area (Å²) in [4.78, 5) is 2.09. The lowest BCUT2D eigenvalue weighted by atomic mass is 10.0. The van der Waals surface area contributed by atoms with E-state index in [-0.39, 0.29) is 11.9 Å². The topological polar surface area (TPSA) is 53.1 Å². The SMILES string of the molecule is Cc1ccc(N(C)C(C)c2ccccc2Cl)c(C(=N)N)c1. The van der Waals surface area contributed by atoms with E-state index < -0.39 is 0 Å². The third-order valence-corrected chi connectivity index (χ3v) is 4.10. The van der Waals surface area contributed by atoms with Gasteiger partial charge in [0, 0.05) is 23.3 Å². The van der Waals surface area contributed by atoms with Gasteiger partial charge >= 0.3 is 0 Å². The normalized spacial score (nSPS) is 12.0. The highest BCUT2D eigenvalue weighted by atomic mass is 35.5. The fraction of sp³-hybridized carbons (Fsp3) is 0.235. The number of hydrogen-bond donors (Lipinski definition) is 2. The summed E-state index contributed by atoms with van der Waals surface area (Å²) in [5.74, 6) is 0.0758. The first-order valence-electron chi connectivity index (χ1n) is 6.84. The third-order valence-electron chi connectivity index (χ3n) is 3.76. The van der Waals surface area contributed by atoms with Gasteiger partial charge in [-0.1, -0.05) is 41.4 Å². The van der Waals surface area contributed by atoms with E-state index in [1.165, 1.54) is 0 Å². The summed E-state index contributed by atoms with van der Waals surface area (Å²) in [5, 5.41) is 8.52. The second kappa shape index (κ2) is 6.19. The molecule has 0 spiro atoms. The van der Waals surface area contributed by atoms with Crippen LogP contribution in [-0.4, -0.2) is 12.9 Å². The number of rotatable bonds is 4. The maximum atomic E-state index is 7.78. The molecule has 2 aromatic rings. The number of nitrogen functional groups attached to an aromatic ring is 1. The van der Waals surface area contributed by atoms with Crippen molar-refractivity contribution in [3.8, 4) is 0 Å². The van der Waals surface area contributed by atoms with E-state index in [0.717, 1.165) is 27.4 Å². The Kier molecular flexibility index (Phi) is 4.53. The Labute approximate surface area is 130 Å². The second-order valence-electron chi connectivity index (χ2n) is 5.24. The van der Waals surface area contributed by atoms with Crippen molar-refractivity contribution in [2.75, 3.05) is 11.9 Å². The van der Waals surface area contributed by atoms with Gasteiger partial charge < -0.3 is 10.6 Å². The van der Waals surface area contributed by atoms with Gasteiger partial charge in [-0.15, -0.1) is 0 Å². The van der Waals surface area contributed by atoms with Crippen LogP contribution in [0.15, 0.2) is 42.5 Å². The zero-order valence-corrected chi connectivity index (χ0v) is 13.3. The number of nitrogens with zero attached hydrogens (tertiary/aromatic N) is 1. The van der Waals surface area contributed by atoms with E-state index in [0.29, 0.717) is 0 Å². The molecule has 0 heterocycles. The van der Waals surface area contributed by atoms with Gasteiger partial charge in [0.2, 0.25) is 0 Å². The number of benzene rings is 2. The predicted octanol–water partition coefficient (Wildman–Crippen LogP) is 4.13. The number of hydrogen-bond acceptors (Lipinski definition) is 2. The van der Waals surface area contributed by atoms with Crippen LogP contribution in [0.3, 0.4) is 0 Å². The van der Waals surface area contributed by atoms with Crippen LogP contribution in [0, 0.1) is 12.3 Å². The van der Waals surface area contributed by atoms with Crippen LogP contribution in [0.25, 0.3) is 0 Å². The molecule has 2 aromatic carbocycles. The van der Waals surface area contributed by atoms with Crippen molar-refractivity contribution in [3.05, 3.63) is 64.2 Å². The van der Waals surface area contributed by atoms with Gasteiger partial charge in [-0.3, -0.25) is 5.41 Å². The van der Waals surface area contributed by atoms with E-state index in [2.05, 4.69) is 11.8 Å². The van der Waals surface area contributed by atoms with E-state index in [1.54, 1.807) is 0 Å².